The van der Waals surface area contributed by atoms with Gasteiger partial charge in [-0.3, -0.25) is 0 Å². The van der Waals surface area contributed by atoms with E-state index in [2.05, 4.69) is 38.2 Å². The Labute approximate surface area is 143 Å². The van der Waals surface area contributed by atoms with Crippen LogP contribution >= 0.6 is 11.8 Å². The molecule has 0 unspecified atom stereocenters. The van der Waals surface area contributed by atoms with Crippen LogP contribution in [0.5, 0.6) is 5.75 Å². The molecule has 0 bridgehead atoms. The molecule has 130 valence electrons. The molecule has 1 aromatic rings. The lowest BCUT2D eigenvalue weighted by molar-refractivity contribution is 0.414. The molecule has 1 aromatic carbocycles. The summed E-state index contributed by atoms with van der Waals surface area (Å²) in [6.45, 7) is 17.0. The number of hydrogen-bond acceptors (Lipinski definition) is 3. The smallest absolute Gasteiger partial charge is 0.118 e. The summed E-state index contributed by atoms with van der Waals surface area (Å²) in [7, 11) is 1.70. The van der Waals surface area contributed by atoms with E-state index in [1.54, 1.807) is 7.11 Å². The van der Waals surface area contributed by atoms with Crippen LogP contribution in [0.3, 0.4) is 0 Å². The zero-order valence-corrected chi connectivity index (χ0v) is 16.8. The van der Waals surface area contributed by atoms with Crippen LogP contribution in [0.25, 0.3) is 0 Å². The van der Waals surface area contributed by atoms with E-state index < -0.39 is 0 Å². The Morgan fingerprint density at radius 3 is 2.05 bits per heavy atom. The Morgan fingerprint density at radius 2 is 1.59 bits per heavy atom. The van der Waals surface area contributed by atoms with Gasteiger partial charge >= 0.3 is 0 Å². The van der Waals surface area contributed by atoms with Gasteiger partial charge in [0.05, 0.1) is 7.11 Å². The lowest BCUT2D eigenvalue weighted by Gasteiger charge is -2.24. The monoisotopic (exact) mass is 327 g/mol. The van der Waals surface area contributed by atoms with Crippen molar-refractivity contribution in [3.05, 3.63) is 29.8 Å². The highest BCUT2D eigenvalue weighted by Gasteiger charge is 2.17. The summed E-state index contributed by atoms with van der Waals surface area (Å²) in [5, 5.41) is 3.49. The Morgan fingerprint density at radius 1 is 1.05 bits per heavy atom. The highest BCUT2D eigenvalue weighted by atomic mass is 32.2. The largest absolute Gasteiger partial charge is 0.497 e. The van der Waals surface area contributed by atoms with Gasteiger partial charge in [0.2, 0.25) is 0 Å². The molecule has 1 rings (SSSR count). The molecule has 0 saturated carbocycles. The van der Waals surface area contributed by atoms with Crippen LogP contribution in [0.1, 0.15) is 60.5 Å². The lowest BCUT2D eigenvalue weighted by Crippen LogP contribution is -2.32. The minimum Gasteiger partial charge on any atom is -0.497 e. The molecule has 0 heterocycles. The standard InChI is InChI=1S/C15H25NOS.2C2H6/c1-5-10-16-12-15(2,3)18-11-13-6-8-14(17-4)9-7-13;2*1-2/h6-9,16H,5,10-12H2,1-4H3;2*1-2H3. The molecule has 2 nitrogen and oxygen atoms in total. The fourth-order valence-electron chi connectivity index (χ4n) is 1.62. The first-order chi connectivity index (χ1) is 10.6. The fourth-order valence-corrected chi connectivity index (χ4v) is 2.57. The van der Waals surface area contributed by atoms with Crippen molar-refractivity contribution in [2.75, 3.05) is 20.2 Å². The average molecular weight is 328 g/mol. The van der Waals surface area contributed by atoms with E-state index >= 15 is 0 Å². The first-order valence-electron chi connectivity index (χ1n) is 8.55. The van der Waals surface area contributed by atoms with Gasteiger partial charge in [-0.15, -0.1) is 11.8 Å². The van der Waals surface area contributed by atoms with Crippen LogP contribution in [0.15, 0.2) is 24.3 Å². The molecule has 22 heavy (non-hydrogen) atoms. The quantitative estimate of drug-likeness (QED) is 0.613. The summed E-state index contributed by atoms with van der Waals surface area (Å²) in [5.74, 6) is 1.97. The van der Waals surface area contributed by atoms with Crippen molar-refractivity contribution in [3.63, 3.8) is 0 Å². The molecule has 0 saturated heterocycles. The second kappa shape index (κ2) is 15.2. The van der Waals surface area contributed by atoms with E-state index in [1.807, 2.05) is 51.6 Å². The molecule has 0 aromatic heterocycles. The van der Waals surface area contributed by atoms with Gasteiger partial charge in [0.25, 0.3) is 0 Å². The van der Waals surface area contributed by atoms with Crippen molar-refractivity contribution < 1.29 is 4.74 Å². The van der Waals surface area contributed by atoms with Crippen LogP contribution < -0.4 is 10.1 Å². The van der Waals surface area contributed by atoms with E-state index in [0.29, 0.717) is 0 Å². The van der Waals surface area contributed by atoms with Crippen molar-refractivity contribution in [2.45, 2.75) is 65.4 Å². The van der Waals surface area contributed by atoms with Gasteiger partial charge < -0.3 is 10.1 Å². The minimum absolute atomic E-state index is 0.273. The van der Waals surface area contributed by atoms with Crippen molar-refractivity contribution in [1.29, 1.82) is 0 Å². The maximum Gasteiger partial charge on any atom is 0.118 e. The van der Waals surface area contributed by atoms with Gasteiger partial charge in [0.15, 0.2) is 0 Å². The number of rotatable bonds is 8. The van der Waals surface area contributed by atoms with Gasteiger partial charge in [-0.2, -0.15) is 0 Å². The molecule has 3 heteroatoms. The van der Waals surface area contributed by atoms with E-state index in [4.69, 9.17) is 4.74 Å². The van der Waals surface area contributed by atoms with E-state index in [1.165, 1.54) is 12.0 Å². The Balaban J connectivity index is 0. The van der Waals surface area contributed by atoms with Crippen molar-refractivity contribution >= 4 is 11.8 Å². The summed E-state index contributed by atoms with van der Waals surface area (Å²) >= 11 is 1.99. The molecule has 0 spiro atoms. The second-order valence-corrected chi connectivity index (χ2v) is 6.76. The number of nitrogens with one attached hydrogen (secondary N) is 1. The molecule has 0 aliphatic carbocycles. The Kier molecular flexibility index (Phi) is 16.3. The molecule has 0 amide bonds. The fraction of sp³-hybridized carbons (Fsp3) is 0.684. The number of thioether (sulfide) groups is 1. The molecule has 0 aliphatic rings. The minimum atomic E-state index is 0.273. The molecular formula is C19H37NOS. The predicted octanol–water partition coefficient (Wildman–Crippen LogP) is 5.76. The summed E-state index contributed by atoms with van der Waals surface area (Å²) in [4.78, 5) is 0. The summed E-state index contributed by atoms with van der Waals surface area (Å²) in [6, 6.07) is 8.33. The predicted molar refractivity (Wildman–Crippen MR) is 104 cm³/mol. The summed E-state index contributed by atoms with van der Waals surface area (Å²) in [6.07, 6.45) is 1.19. The maximum atomic E-state index is 5.16. The van der Waals surface area contributed by atoms with Gasteiger partial charge in [0.1, 0.15) is 5.75 Å². The first kappa shape index (κ1) is 23.6. The van der Waals surface area contributed by atoms with E-state index in [-0.39, 0.29) is 4.75 Å². The third-order valence-corrected chi connectivity index (χ3v) is 4.17. The number of benzene rings is 1. The Hall–Kier alpha value is -0.670. The third-order valence-electron chi connectivity index (χ3n) is 2.77. The van der Waals surface area contributed by atoms with Crippen LogP contribution in [0.4, 0.5) is 0 Å². The maximum absolute atomic E-state index is 5.16. The summed E-state index contributed by atoms with van der Waals surface area (Å²) in [5.41, 5.74) is 1.35. The van der Waals surface area contributed by atoms with E-state index in [9.17, 15) is 0 Å². The number of methoxy groups -OCH3 is 1. The van der Waals surface area contributed by atoms with Gasteiger partial charge in [-0.05, 0) is 44.5 Å². The summed E-state index contributed by atoms with van der Waals surface area (Å²) < 4.78 is 5.44. The SMILES string of the molecule is CC.CC.CCCNCC(C)(C)SCc1ccc(OC)cc1. The van der Waals surface area contributed by atoms with Crippen molar-refractivity contribution in [1.82, 2.24) is 5.32 Å². The lowest BCUT2D eigenvalue weighted by atomic mass is 10.2. The van der Waals surface area contributed by atoms with Crippen LogP contribution in [0, 0.1) is 0 Å². The van der Waals surface area contributed by atoms with Crippen molar-refractivity contribution in [2.24, 2.45) is 0 Å². The third kappa shape index (κ3) is 11.9. The average Bonchev–Trinajstić information content (AvgIpc) is 2.57. The van der Waals surface area contributed by atoms with Crippen LogP contribution in [0.2, 0.25) is 0 Å². The Bertz CT molecular complexity index is 336. The van der Waals surface area contributed by atoms with Gasteiger partial charge in [-0.25, -0.2) is 0 Å². The molecular weight excluding hydrogens is 290 g/mol. The highest BCUT2D eigenvalue weighted by Crippen LogP contribution is 2.28. The van der Waals surface area contributed by atoms with Gasteiger partial charge in [-0.1, -0.05) is 46.8 Å². The zero-order chi connectivity index (χ0) is 17.4. The van der Waals surface area contributed by atoms with E-state index in [0.717, 1.165) is 24.6 Å². The second-order valence-electron chi connectivity index (χ2n) is 5.07. The van der Waals surface area contributed by atoms with Crippen LogP contribution in [-0.2, 0) is 5.75 Å². The number of ether oxygens (including phenoxy) is 1. The highest BCUT2D eigenvalue weighted by molar-refractivity contribution is 7.99. The first-order valence-corrected chi connectivity index (χ1v) is 9.53. The molecule has 0 atom stereocenters. The topological polar surface area (TPSA) is 21.3 Å². The molecule has 1 N–H and O–H groups in total. The molecule has 0 aliphatic heterocycles. The van der Waals surface area contributed by atoms with Crippen LogP contribution in [-0.4, -0.2) is 24.9 Å². The number of hydrogen-bond donors (Lipinski definition) is 1. The van der Waals surface area contributed by atoms with Crippen molar-refractivity contribution in [3.8, 4) is 5.75 Å². The molecule has 0 fully saturated rings. The normalized spacial score (nSPS) is 10.0. The molecule has 0 radical (unpaired) electrons. The zero-order valence-electron chi connectivity index (χ0n) is 16.0. The van der Waals surface area contributed by atoms with Gasteiger partial charge in [0, 0.05) is 17.0 Å².